The predicted octanol–water partition coefficient (Wildman–Crippen LogP) is 2.92. The van der Waals surface area contributed by atoms with Crippen molar-refractivity contribution in [3.8, 4) is 11.9 Å². The van der Waals surface area contributed by atoms with Crippen LogP contribution in [0.1, 0.15) is 43.7 Å². The number of nitrogen functional groups attached to an aromatic ring is 1. The molecule has 0 saturated carbocycles. The molecule has 1 unspecified atom stereocenters. The van der Waals surface area contributed by atoms with E-state index in [1.807, 2.05) is 19.9 Å². The molecule has 2 aromatic rings. The number of hydrogen-bond donors (Lipinski definition) is 4. The van der Waals surface area contributed by atoms with Gasteiger partial charge in [-0.05, 0) is 42.9 Å². The highest BCUT2D eigenvalue weighted by Crippen LogP contribution is 2.30. The molecule has 8 nitrogen and oxygen atoms in total. The van der Waals surface area contributed by atoms with E-state index in [1.54, 1.807) is 13.0 Å². The molecule has 0 radical (unpaired) electrons. The number of nitrogens with one attached hydrogen (secondary N) is 2. The average molecular weight is 424 g/mol. The van der Waals surface area contributed by atoms with Crippen molar-refractivity contribution in [2.24, 2.45) is 0 Å². The fourth-order valence-electron chi connectivity index (χ4n) is 3.23. The molecule has 0 amide bonds. The van der Waals surface area contributed by atoms with Gasteiger partial charge in [0.1, 0.15) is 23.7 Å². The number of rotatable bonds is 1. The number of fused-ring (bicyclic) bond motifs is 3. The Morgan fingerprint density at radius 3 is 2.81 bits per heavy atom. The summed E-state index contributed by atoms with van der Waals surface area (Å²) in [5.41, 5.74) is 7.43. The Morgan fingerprint density at radius 1 is 1.45 bits per heavy atom. The van der Waals surface area contributed by atoms with Gasteiger partial charge in [-0.3, -0.25) is 0 Å². The number of anilines is 1. The number of halogens is 1. The van der Waals surface area contributed by atoms with Crippen LogP contribution in [0.3, 0.4) is 0 Å². The monoisotopic (exact) mass is 424 g/mol. The maximum atomic E-state index is 13.8. The highest BCUT2D eigenvalue weighted by Gasteiger charge is 2.28. The van der Waals surface area contributed by atoms with Gasteiger partial charge in [-0.25, -0.2) is 14.4 Å². The van der Waals surface area contributed by atoms with Gasteiger partial charge in [0.15, 0.2) is 5.82 Å². The second kappa shape index (κ2) is 10.5. The molecule has 1 aliphatic heterocycles. The van der Waals surface area contributed by atoms with E-state index in [0.717, 1.165) is 5.56 Å². The van der Waals surface area contributed by atoms with Gasteiger partial charge in [-0.1, -0.05) is 19.9 Å². The zero-order valence-electron chi connectivity index (χ0n) is 18.0. The van der Waals surface area contributed by atoms with Crippen LogP contribution in [-0.2, 0) is 6.42 Å². The Bertz CT molecular complexity index is 1040. The van der Waals surface area contributed by atoms with Gasteiger partial charge in [-0.2, -0.15) is 5.26 Å². The average Bonchev–Trinajstić information content (AvgIpc) is 2.78. The number of allylic oxidation sites excluding steroid dienone is 2. The third-order valence-electron chi connectivity index (χ3n) is 4.76. The SMILES string of the molecule is CC.CN/C(C#N)=C1\C(=N)B(O)CCc2ccc(F)cc2C(C)Oc2nc1cnc2N. The van der Waals surface area contributed by atoms with Crippen LogP contribution >= 0.6 is 0 Å². The fourth-order valence-corrected chi connectivity index (χ4v) is 3.23. The number of nitrogens with zero attached hydrogens (tertiary/aromatic N) is 3. The summed E-state index contributed by atoms with van der Waals surface area (Å²) in [7, 11) is 1.54. The molecule has 5 N–H and O–H groups in total. The molecule has 0 fully saturated rings. The van der Waals surface area contributed by atoms with Gasteiger partial charge >= 0.3 is 6.92 Å². The minimum absolute atomic E-state index is 0.000956. The number of aromatic nitrogens is 2. The third-order valence-corrected chi connectivity index (χ3v) is 4.76. The highest BCUT2D eigenvalue weighted by molar-refractivity contribution is 6.92. The van der Waals surface area contributed by atoms with Crippen LogP contribution in [0.25, 0.3) is 5.57 Å². The lowest BCUT2D eigenvalue weighted by molar-refractivity contribution is 0.216. The number of ether oxygens (including phenoxy) is 1. The first-order valence-corrected chi connectivity index (χ1v) is 10.0. The first-order chi connectivity index (χ1) is 14.8. The quantitative estimate of drug-likeness (QED) is 0.407. The van der Waals surface area contributed by atoms with Crippen LogP contribution in [0.4, 0.5) is 10.2 Å². The van der Waals surface area contributed by atoms with Gasteiger partial charge in [-0.15, -0.1) is 0 Å². The van der Waals surface area contributed by atoms with Crippen LogP contribution in [0.2, 0.25) is 6.32 Å². The number of aryl methyl sites for hydroxylation is 1. The van der Waals surface area contributed by atoms with Crippen molar-refractivity contribution >= 4 is 23.9 Å². The Labute approximate surface area is 181 Å². The predicted molar refractivity (Wildman–Crippen MR) is 119 cm³/mol. The van der Waals surface area contributed by atoms with Gasteiger partial charge < -0.3 is 26.2 Å². The molecule has 31 heavy (non-hydrogen) atoms. The van der Waals surface area contributed by atoms with Crippen molar-refractivity contribution < 1.29 is 14.2 Å². The molecule has 10 heteroatoms. The Kier molecular flexibility index (Phi) is 8.11. The first-order valence-electron chi connectivity index (χ1n) is 10.0. The van der Waals surface area contributed by atoms with E-state index >= 15 is 0 Å². The van der Waals surface area contributed by atoms with Crippen molar-refractivity contribution in [1.82, 2.24) is 15.3 Å². The van der Waals surface area contributed by atoms with E-state index in [4.69, 9.17) is 15.9 Å². The molecule has 2 heterocycles. The van der Waals surface area contributed by atoms with Gasteiger partial charge in [0.25, 0.3) is 5.88 Å². The van der Waals surface area contributed by atoms with Gasteiger partial charge in [0.05, 0.1) is 17.5 Å². The van der Waals surface area contributed by atoms with Crippen LogP contribution < -0.4 is 15.8 Å². The van der Waals surface area contributed by atoms with Crippen molar-refractivity contribution in [2.75, 3.05) is 12.8 Å². The van der Waals surface area contributed by atoms with E-state index in [9.17, 15) is 14.7 Å². The molecular formula is C21H26BFN6O2. The summed E-state index contributed by atoms with van der Waals surface area (Å²) in [6, 6.07) is 6.31. The van der Waals surface area contributed by atoms with Crippen molar-refractivity contribution in [2.45, 2.75) is 39.6 Å². The summed E-state index contributed by atoms with van der Waals surface area (Å²) in [5.74, 6) is -0.394. The number of benzene rings is 1. The summed E-state index contributed by atoms with van der Waals surface area (Å²) < 4.78 is 19.7. The van der Waals surface area contributed by atoms with E-state index in [-0.39, 0.29) is 40.6 Å². The van der Waals surface area contributed by atoms with Crippen LogP contribution in [0.15, 0.2) is 30.1 Å². The summed E-state index contributed by atoms with van der Waals surface area (Å²) in [6.07, 6.45) is 1.32. The minimum atomic E-state index is -1.17. The number of hydrogen-bond acceptors (Lipinski definition) is 8. The Morgan fingerprint density at radius 2 is 2.16 bits per heavy atom. The van der Waals surface area contributed by atoms with Crippen molar-refractivity contribution in [3.63, 3.8) is 0 Å². The van der Waals surface area contributed by atoms with E-state index < -0.39 is 18.8 Å². The molecule has 0 aliphatic carbocycles. The zero-order valence-corrected chi connectivity index (χ0v) is 18.0. The lowest BCUT2D eigenvalue weighted by Crippen LogP contribution is -2.30. The second-order valence-corrected chi connectivity index (χ2v) is 6.63. The maximum Gasteiger partial charge on any atom is 0.344 e. The van der Waals surface area contributed by atoms with E-state index in [0.29, 0.717) is 12.0 Å². The largest absolute Gasteiger partial charge is 0.467 e. The standard InChI is InChI=1S/C19H20BFN6O2.C2H6/c1-10-13-7-12(21)4-3-11(13)5-6-20(28)17(23)16(14(8-22)25-2)15-9-26-18(24)19(27-15)29-10;1-2/h3-4,7,9-10,23,25,28H,5-6H2,1-2H3,(H2,24,26);1-2H3/b16-14-,23-17?;. The van der Waals surface area contributed by atoms with Crippen LogP contribution in [0.5, 0.6) is 5.88 Å². The number of nitrogens with two attached hydrogens (primary N) is 1. The van der Waals surface area contributed by atoms with Crippen LogP contribution in [0, 0.1) is 22.6 Å². The topological polar surface area (TPSA) is 141 Å². The third kappa shape index (κ3) is 5.19. The van der Waals surface area contributed by atoms with Crippen molar-refractivity contribution in [3.05, 3.63) is 52.7 Å². The molecular weight excluding hydrogens is 398 g/mol. The summed E-state index contributed by atoms with van der Waals surface area (Å²) in [5, 5.41) is 31.3. The lowest BCUT2D eigenvalue weighted by atomic mass is 9.56. The summed E-state index contributed by atoms with van der Waals surface area (Å²) in [4.78, 5) is 8.39. The molecule has 162 valence electrons. The van der Waals surface area contributed by atoms with Gasteiger partial charge in [0.2, 0.25) is 0 Å². The maximum absolute atomic E-state index is 13.8. The zero-order chi connectivity index (χ0) is 23.1. The minimum Gasteiger partial charge on any atom is -0.467 e. The molecule has 1 aliphatic rings. The molecule has 0 saturated heterocycles. The molecule has 1 atom stereocenters. The fraction of sp³-hybridized carbons (Fsp3) is 0.333. The van der Waals surface area contributed by atoms with Crippen LogP contribution in [-0.4, -0.2) is 34.6 Å². The molecule has 3 rings (SSSR count). The number of nitriles is 1. The highest BCUT2D eigenvalue weighted by atomic mass is 19.1. The first kappa shape index (κ1) is 23.8. The summed E-state index contributed by atoms with van der Waals surface area (Å²) >= 11 is 0. The van der Waals surface area contributed by atoms with Crippen molar-refractivity contribution in [1.29, 1.82) is 10.7 Å². The molecule has 1 aromatic heterocycles. The van der Waals surface area contributed by atoms with E-state index in [1.165, 1.54) is 25.4 Å². The normalized spacial score (nSPS) is 17.5. The molecule has 2 bridgehead atoms. The van der Waals surface area contributed by atoms with Gasteiger partial charge in [0, 0.05) is 12.7 Å². The lowest BCUT2D eigenvalue weighted by Gasteiger charge is -2.21. The summed E-state index contributed by atoms with van der Waals surface area (Å²) in [6.45, 7) is 4.57. The Balaban J connectivity index is 0.00000166. The second-order valence-electron chi connectivity index (χ2n) is 6.63. The Hall–Kier alpha value is -3.45. The molecule has 1 aromatic carbocycles. The van der Waals surface area contributed by atoms with E-state index in [2.05, 4.69) is 15.3 Å². The smallest absolute Gasteiger partial charge is 0.344 e. The molecule has 0 spiro atoms.